The van der Waals surface area contributed by atoms with Gasteiger partial charge in [0.2, 0.25) is 5.91 Å². The molecule has 0 unspecified atom stereocenters. The van der Waals surface area contributed by atoms with Crippen LogP contribution in [0.4, 0.5) is 8.78 Å². The molecule has 4 nitrogen and oxygen atoms in total. The first-order valence-corrected chi connectivity index (χ1v) is 8.71. The molecular formula is C20H22F2N2O2. The van der Waals surface area contributed by atoms with E-state index < -0.39 is 5.82 Å². The number of nitrogens with one attached hydrogen (secondary N) is 1. The molecule has 0 saturated carbocycles. The highest BCUT2D eigenvalue weighted by Crippen LogP contribution is 2.22. The lowest BCUT2D eigenvalue weighted by Crippen LogP contribution is -2.44. The van der Waals surface area contributed by atoms with Crippen molar-refractivity contribution in [1.29, 1.82) is 0 Å². The number of amides is 1. The van der Waals surface area contributed by atoms with Crippen molar-refractivity contribution in [1.82, 2.24) is 10.2 Å². The first-order chi connectivity index (χ1) is 12.6. The summed E-state index contributed by atoms with van der Waals surface area (Å²) in [6.45, 7) is 2.97. The van der Waals surface area contributed by atoms with Crippen LogP contribution >= 0.6 is 0 Å². The second-order valence-corrected chi connectivity index (χ2v) is 6.29. The van der Waals surface area contributed by atoms with E-state index in [1.165, 1.54) is 18.2 Å². The van der Waals surface area contributed by atoms with Gasteiger partial charge in [-0.25, -0.2) is 8.78 Å². The predicted molar refractivity (Wildman–Crippen MR) is 94.6 cm³/mol. The third-order valence-electron chi connectivity index (χ3n) is 4.52. The Hall–Kier alpha value is -2.31. The topological polar surface area (TPSA) is 41.6 Å². The summed E-state index contributed by atoms with van der Waals surface area (Å²) in [5, 5.41) is 2.86. The first-order valence-electron chi connectivity index (χ1n) is 8.71. The Bertz CT molecular complexity index is 748. The summed E-state index contributed by atoms with van der Waals surface area (Å²) < 4.78 is 32.7. The number of carbonyl (C=O) groups is 1. The summed E-state index contributed by atoms with van der Waals surface area (Å²) in [5.41, 5.74) is 1.16. The van der Waals surface area contributed by atoms with Crippen LogP contribution in [0.2, 0.25) is 0 Å². The van der Waals surface area contributed by atoms with Crippen molar-refractivity contribution in [2.24, 2.45) is 0 Å². The summed E-state index contributed by atoms with van der Waals surface area (Å²) in [4.78, 5) is 14.4. The highest BCUT2D eigenvalue weighted by Gasteiger charge is 2.23. The Kier molecular flexibility index (Phi) is 6.30. The van der Waals surface area contributed by atoms with Crippen LogP contribution in [-0.2, 0) is 16.0 Å². The van der Waals surface area contributed by atoms with Crippen LogP contribution in [0.1, 0.15) is 17.2 Å². The standard InChI is InChI=1S/C20H22F2N2O2/c21-17-6-3-5-16(12-17)19(24-8-10-26-11-9-24)14-23-20(25)13-15-4-1-2-7-18(15)22/h1-7,12,19H,8-11,13-14H2,(H,23,25)/t19-/m0/s1. The maximum Gasteiger partial charge on any atom is 0.224 e. The van der Waals surface area contributed by atoms with Gasteiger partial charge in [0.1, 0.15) is 11.6 Å². The minimum Gasteiger partial charge on any atom is -0.379 e. The maximum absolute atomic E-state index is 13.7. The Morgan fingerprint density at radius 3 is 2.62 bits per heavy atom. The normalized spacial score (nSPS) is 16.2. The monoisotopic (exact) mass is 360 g/mol. The molecule has 3 rings (SSSR count). The molecule has 1 atom stereocenters. The van der Waals surface area contributed by atoms with Gasteiger partial charge in [-0.15, -0.1) is 0 Å². The SMILES string of the molecule is O=C(Cc1ccccc1F)NC[C@@H](c1cccc(F)c1)N1CCOCC1. The molecular weight excluding hydrogens is 338 g/mol. The van der Waals surface area contributed by atoms with Gasteiger partial charge < -0.3 is 10.1 Å². The Balaban J connectivity index is 1.67. The molecule has 1 saturated heterocycles. The highest BCUT2D eigenvalue weighted by atomic mass is 19.1. The lowest BCUT2D eigenvalue weighted by Gasteiger charge is -2.35. The molecule has 6 heteroatoms. The fourth-order valence-corrected chi connectivity index (χ4v) is 3.15. The van der Waals surface area contributed by atoms with Gasteiger partial charge in [0.25, 0.3) is 0 Å². The predicted octanol–water partition coefficient (Wildman–Crippen LogP) is 2.70. The Labute approximate surface area is 151 Å². The van der Waals surface area contributed by atoms with E-state index in [4.69, 9.17) is 4.74 Å². The van der Waals surface area contributed by atoms with Crippen LogP contribution in [0.15, 0.2) is 48.5 Å². The number of morpholine rings is 1. The quantitative estimate of drug-likeness (QED) is 0.861. The zero-order valence-electron chi connectivity index (χ0n) is 14.5. The first kappa shape index (κ1) is 18.5. The van der Waals surface area contributed by atoms with Crippen LogP contribution in [0, 0.1) is 11.6 Å². The second-order valence-electron chi connectivity index (χ2n) is 6.29. The molecule has 0 aliphatic carbocycles. The fourth-order valence-electron chi connectivity index (χ4n) is 3.15. The molecule has 0 aromatic heterocycles. The van der Waals surface area contributed by atoms with E-state index in [1.807, 2.05) is 6.07 Å². The van der Waals surface area contributed by atoms with E-state index in [0.29, 0.717) is 38.4 Å². The summed E-state index contributed by atoms with van der Waals surface area (Å²) in [6.07, 6.45) is -0.0222. The molecule has 0 bridgehead atoms. The van der Waals surface area contributed by atoms with Crippen molar-refractivity contribution in [3.8, 4) is 0 Å². The Morgan fingerprint density at radius 1 is 1.12 bits per heavy atom. The van der Waals surface area contributed by atoms with Gasteiger partial charge in [0.15, 0.2) is 0 Å². The molecule has 1 aliphatic heterocycles. The number of carbonyl (C=O) groups excluding carboxylic acids is 1. The van der Waals surface area contributed by atoms with Crippen LogP contribution in [-0.4, -0.2) is 43.7 Å². The average Bonchev–Trinajstić information content (AvgIpc) is 2.65. The van der Waals surface area contributed by atoms with E-state index in [2.05, 4.69) is 10.2 Å². The van der Waals surface area contributed by atoms with Gasteiger partial charge in [-0.1, -0.05) is 30.3 Å². The third kappa shape index (κ3) is 4.86. The van der Waals surface area contributed by atoms with Crippen LogP contribution in [0.5, 0.6) is 0 Å². The number of hydrogen-bond acceptors (Lipinski definition) is 3. The fraction of sp³-hybridized carbons (Fsp3) is 0.350. The maximum atomic E-state index is 13.7. The van der Waals surface area contributed by atoms with Crippen molar-refractivity contribution in [3.05, 3.63) is 71.3 Å². The van der Waals surface area contributed by atoms with Crippen molar-refractivity contribution in [3.63, 3.8) is 0 Å². The molecule has 1 aliphatic rings. The largest absolute Gasteiger partial charge is 0.379 e. The molecule has 26 heavy (non-hydrogen) atoms. The van der Waals surface area contributed by atoms with Crippen molar-refractivity contribution in [2.45, 2.75) is 12.5 Å². The minimum atomic E-state index is -0.391. The number of nitrogens with zero attached hydrogens (tertiary/aromatic N) is 1. The molecule has 1 heterocycles. The number of ether oxygens (including phenoxy) is 1. The van der Waals surface area contributed by atoms with E-state index in [1.54, 1.807) is 24.3 Å². The van der Waals surface area contributed by atoms with Gasteiger partial charge in [-0.3, -0.25) is 9.69 Å². The lowest BCUT2D eigenvalue weighted by molar-refractivity contribution is -0.120. The van der Waals surface area contributed by atoms with Gasteiger partial charge in [-0.05, 0) is 29.3 Å². The van der Waals surface area contributed by atoms with Gasteiger partial charge in [-0.2, -0.15) is 0 Å². The molecule has 138 valence electrons. The van der Waals surface area contributed by atoms with Gasteiger partial charge in [0.05, 0.1) is 25.7 Å². The summed E-state index contributed by atoms with van der Waals surface area (Å²) in [6, 6.07) is 12.5. The molecule has 0 radical (unpaired) electrons. The third-order valence-corrected chi connectivity index (χ3v) is 4.52. The number of halogens is 2. The van der Waals surface area contributed by atoms with E-state index in [9.17, 15) is 13.6 Å². The lowest BCUT2D eigenvalue weighted by atomic mass is 10.0. The van der Waals surface area contributed by atoms with E-state index >= 15 is 0 Å². The molecule has 0 spiro atoms. The van der Waals surface area contributed by atoms with Crippen LogP contribution < -0.4 is 5.32 Å². The Morgan fingerprint density at radius 2 is 1.88 bits per heavy atom. The van der Waals surface area contributed by atoms with Crippen LogP contribution in [0.25, 0.3) is 0 Å². The van der Waals surface area contributed by atoms with Gasteiger partial charge >= 0.3 is 0 Å². The van der Waals surface area contributed by atoms with Crippen molar-refractivity contribution >= 4 is 5.91 Å². The molecule has 1 N–H and O–H groups in total. The molecule has 2 aromatic carbocycles. The summed E-state index contributed by atoms with van der Waals surface area (Å²) in [7, 11) is 0. The zero-order chi connectivity index (χ0) is 18.4. The van der Waals surface area contributed by atoms with E-state index in [0.717, 1.165) is 5.56 Å². The molecule has 2 aromatic rings. The van der Waals surface area contributed by atoms with Crippen molar-refractivity contribution in [2.75, 3.05) is 32.8 Å². The summed E-state index contributed by atoms with van der Waals surface area (Å²) in [5.74, 6) is -0.958. The average molecular weight is 360 g/mol. The number of hydrogen-bond donors (Lipinski definition) is 1. The highest BCUT2D eigenvalue weighted by molar-refractivity contribution is 5.78. The van der Waals surface area contributed by atoms with Crippen molar-refractivity contribution < 1.29 is 18.3 Å². The van der Waals surface area contributed by atoms with Crippen LogP contribution in [0.3, 0.4) is 0 Å². The second kappa shape index (κ2) is 8.87. The van der Waals surface area contributed by atoms with Gasteiger partial charge in [0, 0.05) is 19.6 Å². The summed E-state index contributed by atoms with van der Waals surface area (Å²) >= 11 is 0. The number of benzene rings is 2. The smallest absolute Gasteiger partial charge is 0.224 e. The minimum absolute atomic E-state index is 0.0222. The molecule has 1 fully saturated rings. The zero-order valence-corrected chi connectivity index (χ0v) is 14.5. The molecule has 1 amide bonds. The van der Waals surface area contributed by atoms with E-state index in [-0.39, 0.29) is 24.2 Å². The number of rotatable bonds is 6.